The maximum absolute atomic E-state index is 10.8. The van der Waals surface area contributed by atoms with Crippen LogP contribution in [-0.4, -0.2) is 15.1 Å². The Labute approximate surface area is 104 Å². The van der Waals surface area contributed by atoms with Gasteiger partial charge in [-0.05, 0) is 25.5 Å². The maximum atomic E-state index is 10.8. The van der Waals surface area contributed by atoms with Gasteiger partial charge in [0.2, 0.25) is 0 Å². The lowest BCUT2D eigenvalue weighted by molar-refractivity contribution is -0.384. The molecule has 6 nitrogen and oxygen atoms in total. The van der Waals surface area contributed by atoms with Crippen LogP contribution in [0.1, 0.15) is 24.1 Å². The second-order valence-corrected chi connectivity index (χ2v) is 4.21. The number of benzene rings is 1. The van der Waals surface area contributed by atoms with E-state index in [0.29, 0.717) is 0 Å². The summed E-state index contributed by atoms with van der Waals surface area (Å²) in [4.78, 5) is 10.4. The average Bonchev–Trinajstić information content (AvgIpc) is 2.81. The Morgan fingerprint density at radius 3 is 2.83 bits per heavy atom. The quantitative estimate of drug-likeness (QED) is 0.641. The van der Waals surface area contributed by atoms with Crippen LogP contribution in [0.5, 0.6) is 0 Å². The molecule has 1 aromatic carbocycles. The summed E-state index contributed by atoms with van der Waals surface area (Å²) in [5, 5.41) is 20.6. The Bertz CT molecular complexity index is 551. The van der Waals surface area contributed by atoms with Crippen molar-refractivity contribution in [2.45, 2.75) is 19.9 Å². The van der Waals surface area contributed by atoms with Crippen molar-refractivity contribution in [2.24, 2.45) is 0 Å². The summed E-state index contributed by atoms with van der Waals surface area (Å²) in [5.41, 5.74) is 2.68. The minimum atomic E-state index is -0.388. The van der Waals surface area contributed by atoms with Crippen molar-refractivity contribution in [1.29, 1.82) is 0 Å². The Hall–Kier alpha value is -2.37. The minimum absolute atomic E-state index is 0.0326. The molecule has 0 fully saturated rings. The van der Waals surface area contributed by atoms with Crippen LogP contribution in [0.2, 0.25) is 0 Å². The summed E-state index contributed by atoms with van der Waals surface area (Å²) in [7, 11) is 0. The van der Waals surface area contributed by atoms with E-state index < -0.39 is 0 Å². The third kappa shape index (κ3) is 2.65. The van der Waals surface area contributed by atoms with Crippen LogP contribution in [-0.2, 0) is 0 Å². The number of aromatic amines is 1. The SMILES string of the molecule is Cc1cc(NC(C)c2cn[nH]c2)cc([N+](=O)[O-])c1. The number of nitrogens with zero attached hydrogens (tertiary/aromatic N) is 2. The molecule has 1 atom stereocenters. The van der Waals surface area contributed by atoms with Gasteiger partial charge >= 0.3 is 0 Å². The van der Waals surface area contributed by atoms with E-state index in [1.165, 1.54) is 6.07 Å². The molecule has 2 N–H and O–H groups in total. The first-order valence-electron chi connectivity index (χ1n) is 5.57. The highest BCUT2D eigenvalue weighted by Gasteiger charge is 2.11. The lowest BCUT2D eigenvalue weighted by Crippen LogP contribution is -2.06. The van der Waals surface area contributed by atoms with Crippen molar-refractivity contribution in [3.63, 3.8) is 0 Å². The summed E-state index contributed by atoms with van der Waals surface area (Å²) >= 11 is 0. The van der Waals surface area contributed by atoms with Crippen LogP contribution >= 0.6 is 0 Å². The Morgan fingerprint density at radius 1 is 1.44 bits per heavy atom. The van der Waals surface area contributed by atoms with Gasteiger partial charge in [0.1, 0.15) is 0 Å². The van der Waals surface area contributed by atoms with Crippen LogP contribution < -0.4 is 5.32 Å². The molecule has 0 amide bonds. The fourth-order valence-corrected chi connectivity index (χ4v) is 1.78. The second-order valence-electron chi connectivity index (χ2n) is 4.21. The van der Waals surface area contributed by atoms with E-state index in [4.69, 9.17) is 0 Å². The first-order chi connectivity index (χ1) is 8.56. The maximum Gasteiger partial charge on any atom is 0.271 e. The number of H-pyrrole nitrogens is 1. The number of aryl methyl sites for hydroxylation is 1. The molecule has 94 valence electrons. The smallest absolute Gasteiger partial charge is 0.271 e. The number of nitro benzene ring substituents is 1. The van der Waals surface area contributed by atoms with E-state index in [1.807, 2.05) is 19.9 Å². The Kier molecular flexibility index (Phi) is 3.27. The topological polar surface area (TPSA) is 83.8 Å². The number of nitrogens with one attached hydrogen (secondary N) is 2. The van der Waals surface area contributed by atoms with Gasteiger partial charge in [-0.25, -0.2) is 0 Å². The van der Waals surface area contributed by atoms with Gasteiger partial charge in [0.05, 0.1) is 17.2 Å². The van der Waals surface area contributed by atoms with Gasteiger partial charge in [0.25, 0.3) is 5.69 Å². The molecule has 6 heteroatoms. The number of nitro groups is 1. The largest absolute Gasteiger partial charge is 0.378 e. The normalized spacial score (nSPS) is 12.1. The van der Waals surface area contributed by atoms with Gasteiger partial charge in [0, 0.05) is 29.6 Å². The standard InChI is InChI=1S/C12H14N4O2/c1-8-3-11(5-12(4-8)16(17)18)15-9(2)10-6-13-14-7-10/h3-7,9,15H,1-2H3,(H,13,14). The molecule has 1 heterocycles. The zero-order valence-electron chi connectivity index (χ0n) is 10.2. The molecule has 0 bridgehead atoms. The monoisotopic (exact) mass is 246 g/mol. The molecular formula is C12H14N4O2. The van der Waals surface area contributed by atoms with E-state index in [0.717, 1.165) is 16.8 Å². The molecular weight excluding hydrogens is 232 g/mol. The second kappa shape index (κ2) is 4.87. The zero-order chi connectivity index (χ0) is 13.1. The molecule has 2 rings (SSSR count). The first-order valence-corrected chi connectivity index (χ1v) is 5.57. The summed E-state index contributed by atoms with van der Waals surface area (Å²) < 4.78 is 0. The summed E-state index contributed by atoms with van der Waals surface area (Å²) in [5.74, 6) is 0. The average molecular weight is 246 g/mol. The molecule has 0 aliphatic heterocycles. The first kappa shape index (κ1) is 12.1. The predicted molar refractivity (Wildman–Crippen MR) is 68.5 cm³/mol. The molecule has 2 aromatic rings. The Balaban J connectivity index is 2.21. The lowest BCUT2D eigenvalue weighted by Gasteiger charge is -2.13. The van der Waals surface area contributed by atoms with Crippen molar-refractivity contribution in [3.05, 3.63) is 51.8 Å². The van der Waals surface area contributed by atoms with Gasteiger partial charge in [-0.2, -0.15) is 5.10 Å². The van der Waals surface area contributed by atoms with Crippen LogP contribution in [0, 0.1) is 17.0 Å². The third-order valence-corrected chi connectivity index (χ3v) is 2.68. The van der Waals surface area contributed by atoms with Crippen molar-refractivity contribution in [1.82, 2.24) is 10.2 Å². The molecule has 0 radical (unpaired) electrons. The zero-order valence-corrected chi connectivity index (χ0v) is 10.2. The van der Waals surface area contributed by atoms with E-state index in [1.54, 1.807) is 18.5 Å². The number of aromatic nitrogens is 2. The lowest BCUT2D eigenvalue weighted by atomic mass is 10.1. The molecule has 0 aliphatic carbocycles. The minimum Gasteiger partial charge on any atom is -0.378 e. The molecule has 0 saturated carbocycles. The predicted octanol–water partition coefficient (Wildman–Crippen LogP) is 2.80. The van der Waals surface area contributed by atoms with Gasteiger partial charge < -0.3 is 5.32 Å². The van der Waals surface area contributed by atoms with Crippen molar-refractivity contribution in [2.75, 3.05) is 5.32 Å². The third-order valence-electron chi connectivity index (χ3n) is 2.68. The van der Waals surface area contributed by atoms with E-state index in [-0.39, 0.29) is 16.7 Å². The van der Waals surface area contributed by atoms with Gasteiger partial charge in [-0.1, -0.05) is 0 Å². The van der Waals surface area contributed by atoms with Gasteiger partial charge in [0.15, 0.2) is 0 Å². The number of non-ortho nitro benzene ring substituents is 1. The Morgan fingerprint density at radius 2 is 2.22 bits per heavy atom. The van der Waals surface area contributed by atoms with Crippen LogP contribution in [0.25, 0.3) is 0 Å². The van der Waals surface area contributed by atoms with Gasteiger partial charge in [-0.3, -0.25) is 15.2 Å². The number of anilines is 1. The highest BCUT2D eigenvalue weighted by molar-refractivity contribution is 5.54. The molecule has 0 spiro atoms. The van der Waals surface area contributed by atoms with Crippen molar-refractivity contribution in [3.8, 4) is 0 Å². The molecule has 18 heavy (non-hydrogen) atoms. The van der Waals surface area contributed by atoms with Crippen molar-refractivity contribution < 1.29 is 4.92 Å². The molecule has 0 saturated heterocycles. The van der Waals surface area contributed by atoms with Crippen LogP contribution in [0.4, 0.5) is 11.4 Å². The number of hydrogen-bond acceptors (Lipinski definition) is 4. The van der Waals surface area contributed by atoms with Crippen LogP contribution in [0.15, 0.2) is 30.6 Å². The summed E-state index contributed by atoms with van der Waals surface area (Å²) in [6, 6.07) is 4.99. The summed E-state index contributed by atoms with van der Waals surface area (Å²) in [6.07, 6.45) is 3.52. The number of rotatable bonds is 4. The van der Waals surface area contributed by atoms with Gasteiger partial charge in [-0.15, -0.1) is 0 Å². The highest BCUT2D eigenvalue weighted by Crippen LogP contribution is 2.24. The van der Waals surface area contributed by atoms with E-state index >= 15 is 0 Å². The fourth-order valence-electron chi connectivity index (χ4n) is 1.78. The fraction of sp³-hybridized carbons (Fsp3) is 0.250. The number of hydrogen-bond donors (Lipinski definition) is 2. The van der Waals surface area contributed by atoms with Crippen molar-refractivity contribution >= 4 is 11.4 Å². The van der Waals surface area contributed by atoms with Crippen LogP contribution in [0.3, 0.4) is 0 Å². The van der Waals surface area contributed by atoms with E-state index in [9.17, 15) is 10.1 Å². The highest BCUT2D eigenvalue weighted by atomic mass is 16.6. The van der Waals surface area contributed by atoms with E-state index in [2.05, 4.69) is 15.5 Å². The molecule has 1 unspecified atom stereocenters. The molecule has 0 aliphatic rings. The summed E-state index contributed by atoms with van der Waals surface area (Å²) in [6.45, 7) is 3.81. The molecule has 1 aromatic heterocycles.